The number of carboxylic acids is 1. The van der Waals surface area contributed by atoms with Crippen LogP contribution in [0.1, 0.15) is 10.4 Å². The minimum atomic E-state index is -0.922. The van der Waals surface area contributed by atoms with Crippen LogP contribution in [0.15, 0.2) is 43.1 Å². The predicted octanol–water partition coefficient (Wildman–Crippen LogP) is 2.04. The molecule has 0 spiro atoms. The van der Waals surface area contributed by atoms with Crippen molar-refractivity contribution in [2.75, 3.05) is 0 Å². The molecule has 0 unspecified atom stereocenters. The molecule has 0 aliphatic rings. The zero-order valence-corrected chi connectivity index (χ0v) is 9.74. The average molecular weight is 241 g/mol. The Hall–Kier alpha value is -2.56. The number of carbonyl (C=O) groups is 1. The minimum Gasteiger partial charge on any atom is -0.478 e. The average Bonchev–Trinajstić information content (AvgIpc) is 2.93. The van der Waals surface area contributed by atoms with Crippen molar-refractivity contribution in [2.24, 2.45) is 7.05 Å². The molecule has 0 atom stereocenters. The number of hydrogen-bond donors (Lipinski definition) is 1. The van der Waals surface area contributed by atoms with Crippen LogP contribution in [0.25, 0.3) is 16.8 Å². The molecule has 0 amide bonds. The van der Waals surface area contributed by atoms with Crippen LogP contribution < -0.4 is 0 Å². The van der Waals surface area contributed by atoms with Gasteiger partial charge in [0, 0.05) is 25.0 Å². The van der Waals surface area contributed by atoms with Crippen LogP contribution in [0.3, 0.4) is 0 Å². The van der Waals surface area contributed by atoms with Gasteiger partial charge in [-0.05, 0) is 18.2 Å². The molecule has 0 radical (unpaired) electrons. The summed E-state index contributed by atoms with van der Waals surface area (Å²) in [7, 11) is 1.91. The Bertz CT molecular complexity index is 740. The van der Waals surface area contributed by atoms with E-state index in [1.165, 1.54) is 0 Å². The molecule has 0 bridgehead atoms. The van der Waals surface area contributed by atoms with Gasteiger partial charge in [-0.3, -0.25) is 0 Å². The fourth-order valence-electron chi connectivity index (χ4n) is 2.06. The van der Waals surface area contributed by atoms with E-state index >= 15 is 0 Å². The Labute approximate surface area is 103 Å². The Morgan fingerprint density at radius 3 is 2.78 bits per heavy atom. The Balaban J connectivity index is 2.27. The summed E-state index contributed by atoms with van der Waals surface area (Å²) in [5.74, 6) is -0.922. The zero-order chi connectivity index (χ0) is 12.7. The molecule has 0 aromatic carbocycles. The second-order valence-electron chi connectivity index (χ2n) is 4.13. The van der Waals surface area contributed by atoms with E-state index in [4.69, 9.17) is 5.11 Å². The van der Waals surface area contributed by atoms with Crippen molar-refractivity contribution in [3.63, 3.8) is 0 Å². The molecule has 0 aliphatic heterocycles. The molecule has 1 N–H and O–H groups in total. The van der Waals surface area contributed by atoms with Crippen LogP contribution in [0.2, 0.25) is 0 Å². The number of hydrogen-bond acceptors (Lipinski definition) is 2. The third-order valence-corrected chi connectivity index (χ3v) is 3.00. The van der Waals surface area contributed by atoms with Gasteiger partial charge in [-0.15, -0.1) is 0 Å². The number of pyridine rings is 1. The van der Waals surface area contributed by atoms with Gasteiger partial charge in [0.05, 0.1) is 29.3 Å². The molecule has 0 saturated heterocycles. The first kappa shape index (κ1) is 10.6. The highest BCUT2D eigenvalue weighted by Crippen LogP contribution is 2.25. The van der Waals surface area contributed by atoms with Crippen LogP contribution >= 0.6 is 0 Å². The summed E-state index contributed by atoms with van der Waals surface area (Å²) in [6, 6.07) is 5.21. The summed E-state index contributed by atoms with van der Waals surface area (Å²) in [6.07, 6.45) is 7.14. The van der Waals surface area contributed by atoms with Gasteiger partial charge in [0.25, 0.3) is 0 Å². The predicted molar refractivity (Wildman–Crippen MR) is 66.6 cm³/mol. The summed E-state index contributed by atoms with van der Waals surface area (Å²) in [6.45, 7) is 0. The maximum Gasteiger partial charge on any atom is 0.335 e. The lowest BCUT2D eigenvalue weighted by molar-refractivity contribution is 0.0697. The van der Waals surface area contributed by atoms with E-state index < -0.39 is 5.97 Å². The molecule has 5 nitrogen and oxygen atoms in total. The molecule has 3 rings (SSSR count). The normalized spacial score (nSPS) is 10.9. The van der Waals surface area contributed by atoms with E-state index in [-0.39, 0.29) is 5.56 Å². The van der Waals surface area contributed by atoms with Crippen molar-refractivity contribution in [1.82, 2.24) is 14.0 Å². The Kier molecular flexibility index (Phi) is 2.19. The van der Waals surface area contributed by atoms with Gasteiger partial charge in [0.1, 0.15) is 0 Å². The van der Waals surface area contributed by atoms with Crippen molar-refractivity contribution in [3.05, 3.63) is 48.7 Å². The fourth-order valence-corrected chi connectivity index (χ4v) is 2.06. The second-order valence-corrected chi connectivity index (χ2v) is 4.13. The largest absolute Gasteiger partial charge is 0.478 e. The molecule has 5 heteroatoms. The lowest BCUT2D eigenvalue weighted by Gasteiger charge is -2.02. The first-order valence-corrected chi connectivity index (χ1v) is 5.47. The van der Waals surface area contributed by atoms with E-state index in [0.717, 1.165) is 16.8 Å². The molecule has 0 saturated carbocycles. The summed E-state index contributed by atoms with van der Waals surface area (Å²) >= 11 is 0. The number of nitrogens with zero attached hydrogens (tertiary/aromatic N) is 3. The molecule has 3 aromatic heterocycles. The third kappa shape index (κ3) is 1.48. The molecule has 3 aromatic rings. The molecule has 3 heterocycles. The number of aryl methyl sites for hydroxylation is 1. The van der Waals surface area contributed by atoms with Gasteiger partial charge in [0.15, 0.2) is 0 Å². The van der Waals surface area contributed by atoms with Gasteiger partial charge >= 0.3 is 5.97 Å². The fraction of sp³-hybridized carbons (Fsp3) is 0.0769. The SMILES string of the molecule is Cn1cncc1-c1ccn2ccc(C(=O)O)cc12. The van der Waals surface area contributed by atoms with Crippen LogP contribution in [-0.2, 0) is 7.05 Å². The second kappa shape index (κ2) is 3.73. The molecule has 18 heavy (non-hydrogen) atoms. The number of aromatic nitrogens is 3. The van der Waals surface area contributed by atoms with Crippen molar-refractivity contribution < 1.29 is 9.90 Å². The lowest BCUT2D eigenvalue weighted by atomic mass is 10.1. The van der Waals surface area contributed by atoms with Crippen molar-refractivity contribution in [3.8, 4) is 11.3 Å². The zero-order valence-electron chi connectivity index (χ0n) is 9.74. The van der Waals surface area contributed by atoms with E-state index in [2.05, 4.69) is 4.98 Å². The first-order valence-electron chi connectivity index (χ1n) is 5.47. The summed E-state index contributed by atoms with van der Waals surface area (Å²) in [5.41, 5.74) is 3.07. The smallest absolute Gasteiger partial charge is 0.335 e. The molecular formula is C13H11N3O2. The molecule has 0 aliphatic carbocycles. The third-order valence-electron chi connectivity index (χ3n) is 3.00. The quantitative estimate of drug-likeness (QED) is 0.746. The van der Waals surface area contributed by atoms with E-state index in [0.29, 0.717) is 0 Å². The highest BCUT2D eigenvalue weighted by molar-refractivity contribution is 5.91. The van der Waals surface area contributed by atoms with Crippen molar-refractivity contribution in [1.29, 1.82) is 0 Å². The maximum absolute atomic E-state index is 11.0. The first-order chi connectivity index (χ1) is 8.66. The molecular weight excluding hydrogens is 230 g/mol. The minimum absolute atomic E-state index is 0.282. The van der Waals surface area contributed by atoms with Crippen molar-refractivity contribution in [2.45, 2.75) is 0 Å². The molecule has 0 fully saturated rings. The highest BCUT2D eigenvalue weighted by atomic mass is 16.4. The van der Waals surface area contributed by atoms with Crippen molar-refractivity contribution >= 4 is 11.5 Å². The molecule has 90 valence electrons. The summed E-state index contributed by atoms with van der Waals surface area (Å²) < 4.78 is 3.80. The monoisotopic (exact) mass is 241 g/mol. The van der Waals surface area contributed by atoms with Crippen LogP contribution in [-0.4, -0.2) is 25.0 Å². The van der Waals surface area contributed by atoms with Gasteiger partial charge in [-0.25, -0.2) is 9.78 Å². The Morgan fingerprint density at radius 2 is 2.11 bits per heavy atom. The highest BCUT2D eigenvalue weighted by Gasteiger charge is 2.11. The lowest BCUT2D eigenvalue weighted by Crippen LogP contribution is -1.97. The van der Waals surface area contributed by atoms with Crippen LogP contribution in [0.5, 0.6) is 0 Å². The van der Waals surface area contributed by atoms with E-state index in [1.807, 2.05) is 28.3 Å². The van der Waals surface area contributed by atoms with Gasteiger partial charge < -0.3 is 14.1 Å². The van der Waals surface area contributed by atoms with Gasteiger partial charge in [-0.2, -0.15) is 0 Å². The summed E-state index contributed by atoms with van der Waals surface area (Å²) in [4.78, 5) is 15.1. The maximum atomic E-state index is 11.0. The van der Waals surface area contributed by atoms with Crippen LogP contribution in [0.4, 0.5) is 0 Å². The van der Waals surface area contributed by atoms with Gasteiger partial charge in [0.2, 0.25) is 0 Å². The van der Waals surface area contributed by atoms with Crippen LogP contribution in [0, 0.1) is 0 Å². The van der Waals surface area contributed by atoms with E-state index in [9.17, 15) is 4.79 Å². The number of fused-ring (bicyclic) bond motifs is 1. The standard InChI is InChI=1S/C13H11N3O2/c1-15-8-14-7-12(15)10-3-5-16-4-2-9(13(17)18)6-11(10)16/h2-8H,1H3,(H,17,18). The number of aromatic carboxylic acids is 1. The number of carboxylic acid groups (broad SMARTS) is 1. The van der Waals surface area contributed by atoms with Gasteiger partial charge in [-0.1, -0.05) is 0 Å². The van der Waals surface area contributed by atoms with E-state index in [1.54, 1.807) is 30.9 Å². The topological polar surface area (TPSA) is 59.5 Å². The summed E-state index contributed by atoms with van der Waals surface area (Å²) in [5, 5.41) is 9.03. The Morgan fingerprint density at radius 1 is 1.33 bits per heavy atom. The number of imidazole rings is 1. The number of rotatable bonds is 2.